The zero-order chi connectivity index (χ0) is 23.5. The molecule has 1 heterocycles. The molecule has 1 saturated heterocycles. The van der Waals surface area contributed by atoms with Gasteiger partial charge in [-0.05, 0) is 74.8 Å². The smallest absolute Gasteiger partial charge is 0.344 e. The van der Waals surface area contributed by atoms with Crippen LogP contribution in [0.25, 0.3) is 0 Å². The number of anilines is 1. The third kappa shape index (κ3) is 4.66. The molecule has 2 fully saturated rings. The van der Waals surface area contributed by atoms with Gasteiger partial charge in [-0.2, -0.15) is 0 Å². The fraction of sp³-hybridized carbons (Fsp3) is 0.481. The number of amides is 1. The van der Waals surface area contributed by atoms with Gasteiger partial charge < -0.3 is 14.8 Å². The number of esters is 1. The van der Waals surface area contributed by atoms with E-state index < -0.39 is 12.4 Å². The molecule has 1 saturated carbocycles. The minimum Gasteiger partial charge on any atom is -0.497 e. The Balaban J connectivity index is 1.53. The molecule has 0 spiro atoms. The summed E-state index contributed by atoms with van der Waals surface area (Å²) in [6.45, 7) is 4.29. The maximum absolute atomic E-state index is 13.9. The Hall–Kier alpha value is -2.39. The third-order valence-corrected chi connectivity index (χ3v) is 13.3. The molecule has 6 heteroatoms. The van der Waals surface area contributed by atoms with E-state index in [9.17, 15) is 9.59 Å². The number of hydrogen-bond donors (Lipinski definition) is 1. The van der Waals surface area contributed by atoms with Gasteiger partial charge in [0, 0.05) is 12.9 Å². The van der Waals surface area contributed by atoms with Crippen LogP contribution in [0, 0.1) is 13.8 Å². The van der Waals surface area contributed by atoms with E-state index in [2.05, 4.69) is 5.32 Å². The molecule has 1 aliphatic carbocycles. The summed E-state index contributed by atoms with van der Waals surface area (Å²) >= 11 is 0. The highest BCUT2D eigenvalue weighted by molar-refractivity contribution is 7.79. The number of rotatable bonds is 8. The molecule has 5 nitrogen and oxygen atoms in total. The molecule has 2 aromatic rings. The second-order valence-electron chi connectivity index (χ2n) is 9.58. The van der Waals surface area contributed by atoms with Crippen LogP contribution in [0.1, 0.15) is 48.8 Å². The fourth-order valence-corrected chi connectivity index (χ4v) is 11.3. The SMILES string of the molecule is COc1cc(C)c(NC(=O)C2([P+]3(CC(=O)OCc4ccccc4)CCCC3)CCC2)c(C)c1. The molecule has 1 amide bonds. The van der Waals surface area contributed by atoms with Gasteiger partial charge in [-0.1, -0.05) is 30.3 Å². The van der Waals surface area contributed by atoms with E-state index in [0.29, 0.717) is 12.8 Å². The number of benzene rings is 2. The Morgan fingerprint density at radius 1 is 1.00 bits per heavy atom. The highest BCUT2D eigenvalue weighted by Crippen LogP contribution is 2.78. The quantitative estimate of drug-likeness (QED) is 0.397. The lowest BCUT2D eigenvalue weighted by Gasteiger charge is -2.47. The van der Waals surface area contributed by atoms with Crippen LogP contribution in [0.15, 0.2) is 42.5 Å². The molecular weight excluding hydrogens is 433 g/mol. The molecule has 0 atom stereocenters. The first-order chi connectivity index (χ1) is 15.9. The molecule has 0 aromatic heterocycles. The van der Waals surface area contributed by atoms with Gasteiger partial charge in [0.2, 0.25) is 0 Å². The van der Waals surface area contributed by atoms with Crippen LogP contribution < -0.4 is 10.1 Å². The van der Waals surface area contributed by atoms with Gasteiger partial charge in [0.05, 0.1) is 19.4 Å². The van der Waals surface area contributed by atoms with Gasteiger partial charge in [0.25, 0.3) is 5.91 Å². The molecule has 4 rings (SSSR count). The van der Waals surface area contributed by atoms with Crippen molar-refractivity contribution in [1.29, 1.82) is 0 Å². The number of carbonyl (C=O) groups is 2. The predicted octanol–water partition coefficient (Wildman–Crippen LogP) is 5.73. The average Bonchev–Trinajstić information content (AvgIpc) is 3.23. The first-order valence-corrected chi connectivity index (χ1v) is 14.3. The van der Waals surface area contributed by atoms with E-state index in [1.54, 1.807) is 7.11 Å². The summed E-state index contributed by atoms with van der Waals surface area (Å²) in [6.07, 6.45) is 7.48. The summed E-state index contributed by atoms with van der Waals surface area (Å²) in [4.78, 5) is 26.8. The summed E-state index contributed by atoms with van der Waals surface area (Å²) < 4.78 is 11.1. The van der Waals surface area contributed by atoms with Gasteiger partial charge >= 0.3 is 5.97 Å². The molecule has 176 valence electrons. The van der Waals surface area contributed by atoms with Crippen molar-refractivity contribution in [1.82, 2.24) is 0 Å². The Morgan fingerprint density at radius 2 is 1.64 bits per heavy atom. The lowest BCUT2D eigenvalue weighted by Crippen LogP contribution is -2.52. The van der Waals surface area contributed by atoms with Crippen molar-refractivity contribution in [2.75, 3.05) is 30.9 Å². The predicted molar refractivity (Wildman–Crippen MR) is 135 cm³/mol. The molecule has 0 bridgehead atoms. The van der Waals surface area contributed by atoms with Crippen LogP contribution in [0.5, 0.6) is 5.75 Å². The summed E-state index contributed by atoms with van der Waals surface area (Å²) in [7, 11) is -0.156. The second kappa shape index (κ2) is 9.85. The van der Waals surface area contributed by atoms with Crippen LogP contribution in [0.4, 0.5) is 5.69 Å². The van der Waals surface area contributed by atoms with E-state index >= 15 is 0 Å². The van der Waals surface area contributed by atoms with Crippen molar-refractivity contribution in [3.63, 3.8) is 0 Å². The highest BCUT2D eigenvalue weighted by atomic mass is 31.2. The van der Waals surface area contributed by atoms with Crippen molar-refractivity contribution in [3.05, 3.63) is 59.2 Å². The molecule has 33 heavy (non-hydrogen) atoms. The molecule has 1 N–H and O–H groups in total. The van der Waals surface area contributed by atoms with Gasteiger partial charge in [-0.15, -0.1) is 0 Å². The summed E-state index contributed by atoms with van der Waals surface area (Å²) in [5.74, 6) is 0.753. The van der Waals surface area contributed by atoms with Crippen molar-refractivity contribution in [2.24, 2.45) is 0 Å². The number of ether oxygens (including phenoxy) is 2. The first kappa shape index (κ1) is 23.8. The zero-order valence-electron chi connectivity index (χ0n) is 20.0. The molecule has 0 unspecified atom stereocenters. The molecule has 0 radical (unpaired) electrons. The van der Waals surface area contributed by atoms with Crippen molar-refractivity contribution in [3.8, 4) is 5.75 Å². The lowest BCUT2D eigenvalue weighted by molar-refractivity contribution is -0.141. The van der Waals surface area contributed by atoms with Crippen LogP contribution in [0.3, 0.4) is 0 Å². The summed E-state index contributed by atoms with van der Waals surface area (Å²) in [5, 5.41) is 2.89. The van der Waals surface area contributed by atoms with E-state index in [0.717, 1.165) is 72.6 Å². The Kier molecular flexibility index (Phi) is 7.09. The monoisotopic (exact) mass is 468 g/mol. The van der Waals surface area contributed by atoms with Crippen LogP contribution >= 0.6 is 7.26 Å². The van der Waals surface area contributed by atoms with Gasteiger partial charge in [0.15, 0.2) is 11.3 Å². The van der Waals surface area contributed by atoms with Gasteiger partial charge in [-0.25, -0.2) is 4.79 Å². The Morgan fingerprint density at radius 3 is 2.18 bits per heavy atom. The Bertz CT molecular complexity index is 987. The number of carbonyl (C=O) groups excluding carboxylic acids is 2. The number of hydrogen-bond acceptors (Lipinski definition) is 4. The molecule has 2 aliphatic rings. The minimum absolute atomic E-state index is 0.108. The highest BCUT2D eigenvalue weighted by Gasteiger charge is 2.67. The largest absolute Gasteiger partial charge is 0.497 e. The maximum Gasteiger partial charge on any atom is 0.344 e. The number of nitrogens with one attached hydrogen (secondary N) is 1. The summed E-state index contributed by atoms with van der Waals surface area (Å²) in [6, 6.07) is 13.7. The van der Waals surface area contributed by atoms with Crippen LogP contribution in [-0.2, 0) is 20.9 Å². The maximum atomic E-state index is 13.9. The van der Waals surface area contributed by atoms with E-state index in [4.69, 9.17) is 9.47 Å². The minimum atomic E-state index is -1.81. The lowest BCUT2D eigenvalue weighted by atomic mass is 9.83. The number of methoxy groups -OCH3 is 1. The van der Waals surface area contributed by atoms with Gasteiger partial charge in [0.1, 0.15) is 12.4 Å². The topological polar surface area (TPSA) is 64.6 Å². The van der Waals surface area contributed by atoms with Gasteiger partial charge in [-0.3, -0.25) is 4.79 Å². The van der Waals surface area contributed by atoms with Crippen LogP contribution in [-0.4, -0.2) is 42.6 Å². The summed E-state index contributed by atoms with van der Waals surface area (Å²) in [5.41, 5.74) is 3.86. The Labute approximate surface area is 197 Å². The van der Waals surface area contributed by atoms with Crippen molar-refractivity contribution in [2.45, 2.75) is 57.7 Å². The second-order valence-corrected chi connectivity index (χ2v) is 13.9. The average molecular weight is 469 g/mol. The van der Waals surface area contributed by atoms with E-state index in [1.807, 2.05) is 56.3 Å². The van der Waals surface area contributed by atoms with Crippen molar-refractivity contribution >= 4 is 24.8 Å². The normalized spacial score (nSPS) is 18.3. The van der Waals surface area contributed by atoms with E-state index in [-0.39, 0.29) is 11.9 Å². The van der Waals surface area contributed by atoms with Crippen LogP contribution in [0.2, 0.25) is 0 Å². The third-order valence-electron chi connectivity index (χ3n) is 7.59. The first-order valence-electron chi connectivity index (χ1n) is 11.9. The number of aryl methyl sites for hydroxylation is 2. The fourth-order valence-electron chi connectivity index (χ4n) is 5.61. The molecule has 2 aromatic carbocycles. The standard InChI is InChI=1S/C27H34NO4P/c1-20-16-23(31-3)17-21(2)25(20)28-26(30)27(12-9-13-27)33(14-7-8-15-33)19-24(29)32-18-22-10-5-4-6-11-22/h4-6,10-11,16-17H,7-9,12-15,18-19H2,1-3H3/p+1. The van der Waals surface area contributed by atoms with E-state index in [1.165, 1.54) is 0 Å². The zero-order valence-corrected chi connectivity index (χ0v) is 20.9. The van der Waals surface area contributed by atoms with Crippen molar-refractivity contribution < 1.29 is 19.1 Å². The molecule has 1 aliphatic heterocycles. The molecular formula is C27H35NO4P+.